The number of rotatable bonds is 10. The summed E-state index contributed by atoms with van der Waals surface area (Å²) in [4.78, 5) is 83.5. The Morgan fingerprint density at radius 3 is 1.95 bits per heavy atom. The highest BCUT2D eigenvalue weighted by atomic mass is 16.6. The van der Waals surface area contributed by atoms with Crippen molar-refractivity contribution < 1.29 is 67.8 Å². The molecule has 3 aromatic rings. The van der Waals surface area contributed by atoms with E-state index in [0.717, 1.165) is 13.8 Å². The normalized spacial score (nSPS) is 31.9. The highest BCUT2D eigenvalue weighted by Gasteiger charge is 2.78. The third kappa shape index (κ3) is 7.29. The van der Waals surface area contributed by atoms with Crippen LogP contribution in [0.1, 0.15) is 86.7 Å². The SMILES string of the molecule is CC(=O)O[C@H]1C(=O)[C@@]2(C)[C@H]([C@H](OC(=O)c3ccccc3)[C@@]3(O)C[C@@H](OC(=O)[C@H](O)[C@@H](NC(=O)c4ccccc4)c4ccccc4)C(C)=C1C3(C)C)[C@]1(OC(C)=O)CO[C@H]1C[C@@H]2O. The van der Waals surface area contributed by atoms with Crippen molar-refractivity contribution in [3.05, 3.63) is 119 Å². The Labute approximate surface area is 358 Å². The lowest BCUT2D eigenvalue weighted by molar-refractivity contribution is -0.346. The topological polar surface area (TPSA) is 221 Å². The molecule has 7 rings (SSSR count). The number of hydrogen-bond donors (Lipinski definition) is 4. The van der Waals surface area contributed by atoms with E-state index in [2.05, 4.69) is 5.32 Å². The minimum absolute atomic E-state index is 0.00289. The molecule has 11 atom stereocenters. The summed E-state index contributed by atoms with van der Waals surface area (Å²) < 4.78 is 30.3. The van der Waals surface area contributed by atoms with E-state index in [1.807, 2.05) is 0 Å². The van der Waals surface area contributed by atoms with Crippen LogP contribution in [0.25, 0.3) is 0 Å². The minimum atomic E-state index is -2.39. The van der Waals surface area contributed by atoms with Gasteiger partial charge >= 0.3 is 23.9 Å². The van der Waals surface area contributed by atoms with Gasteiger partial charge in [0.2, 0.25) is 0 Å². The van der Waals surface area contributed by atoms with E-state index in [-0.39, 0.29) is 35.3 Å². The van der Waals surface area contributed by atoms with Crippen LogP contribution in [0.5, 0.6) is 0 Å². The molecule has 1 aliphatic heterocycles. The van der Waals surface area contributed by atoms with Crippen LogP contribution in [0.3, 0.4) is 0 Å². The van der Waals surface area contributed by atoms with Crippen LogP contribution < -0.4 is 5.32 Å². The average molecular weight is 854 g/mol. The van der Waals surface area contributed by atoms with Gasteiger partial charge in [0, 0.05) is 37.7 Å². The quantitative estimate of drug-likeness (QED) is 0.130. The first-order valence-corrected chi connectivity index (χ1v) is 20.5. The Morgan fingerprint density at radius 1 is 0.823 bits per heavy atom. The van der Waals surface area contributed by atoms with Gasteiger partial charge in [-0.3, -0.25) is 19.2 Å². The standard InChI is InChI=1S/C47H51NO14/c1-25-31(60-43(56)36(52)35(28-16-10-7-11-17-28)48-41(54)29-18-12-8-13-19-29)23-47(57)40(61-42(55)30-20-14-9-15-21-30)38-45(6,32(51)22-33-46(38,24-58-33)62-27(3)50)39(53)37(59-26(2)49)34(25)44(47,4)5/h7-21,31-33,35-38,40,51-52,57H,22-24H2,1-6H3,(H,48,54)/t31-,32+,33+,35+,36-,37-,38+,40+,45-,46+,47+/m1/s1. The Balaban J connectivity index is 1.39. The van der Waals surface area contributed by atoms with Crippen molar-refractivity contribution in [1.29, 1.82) is 0 Å². The molecule has 1 amide bonds. The van der Waals surface area contributed by atoms with Crippen LogP contribution in [0.15, 0.2) is 102 Å². The summed E-state index contributed by atoms with van der Waals surface area (Å²) in [5, 5.41) is 40.2. The number of aliphatic hydroxyl groups is 3. The third-order valence-electron chi connectivity index (χ3n) is 13.5. The molecule has 2 saturated carbocycles. The molecule has 1 saturated heterocycles. The minimum Gasteiger partial charge on any atom is -0.456 e. The van der Waals surface area contributed by atoms with Gasteiger partial charge in [0.05, 0.1) is 35.6 Å². The molecule has 328 valence electrons. The molecule has 0 unspecified atom stereocenters. The van der Waals surface area contributed by atoms with Crippen LogP contribution >= 0.6 is 0 Å². The van der Waals surface area contributed by atoms with E-state index in [9.17, 15) is 39.3 Å². The van der Waals surface area contributed by atoms with Crippen LogP contribution in [-0.4, -0.2) is 105 Å². The number of benzene rings is 3. The number of esters is 4. The van der Waals surface area contributed by atoms with E-state index in [0.29, 0.717) is 5.56 Å². The first-order chi connectivity index (χ1) is 29.3. The lowest BCUT2D eigenvalue weighted by atomic mass is 9.44. The second kappa shape index (κ2) is 16.5. The van der Waals surface area contributed by atoms with E-state index < -0.39 is 113 Å². The molecule has 15 nitrogen and oxygen atoms in total. The Kier molecular flexibility index (Phi) is 11.8. The van der Waals surface area contributed by atoms with Crippen molar-refractivity contribution in [3.8, 4) is 0 Å². The van der Waals surface area contributed by atoms with E-state index in [4.69, 9.17) is 23.7 Å². The molecule has 0 spiro atoms. The Morgan fingerprint density at radius 2 is 1.40 bits per heavy atom. The van der Waals surface area contributed by atoms with Gasteiger partial charge in [0.25, 0.3) is 5.91 Å². The van der Waals surface area contributed by atoms with Gasteiger partial charge in [-0.25, -0.2) is 9.59 Å². The zero-order valence-electron chi connectivity index (χ0n) is 35.2. The molecule has 3 aromatic carbocycles. The van der Waals surface area contributed by atoms with Crippen LogP contribution in [0.4, 0.5) is 0 Å². The van der Waals surface area contributed by atoms with Gasteiger partial charge in [-0.2, -0.15) is 0 Å². The summed E-state index contributed by atoms with van der Waals surface area (Å²) in [6.45, 7) is 7.97. The number of ketones is 1. The molecule has 3 fully saturated rings. The lowest BCUT2D eigenvalue weighted by Gasteiger charge is -2.67. The van der Waals surface area contributed by atoms with Crippen molar-refractivity contribution in [3.63, 3.8) is 0 Å². The van der Waals surface area contributed by atoms with Gasteiger partial charge in [-0.1, -0.05) is 80.6 Å². The summed E-state index contributed by atoms with van der Waals surface area (Å²) in [6.07, 6.45) is -10.5. The summed E-state index contributed by atoms with van der Waals surface area (Å²) in [7, 11) is 0. The summed E-state index contributed by atoms with van der Waals surface area (Å²) in [5.41, 5.74) is -7.02. The maximum atomic E-state index is 15.5. The average Bonchev–Trinajstić information content (AvgIpc) is 3.24. The maximum Gasteiger partial charge on any atom is 0.338 e. The smallest absolute Gasteiger partial charge is 0.338 e. The number of fused-ring (bicyclic) bond motifs is 5. The monoisotopic (exact) mass is 853 g/mol. The number of nitrogens with one attached hydrogen (secondary N) is 1. The van der Waals surface area contributed by atoms with E-state index in [1.54, 1.807) is 92.7 Å². The number of Topliss-reactive ketones (excluding diaryl/α,β-unsaturated/α-hetero) is 1. The fraction of sp³-hybridized carbons (Fsp3) is 0.447. The number of amides is 1. The molecule has 2 bridgehead atoms. The largest absolute Gasteiger partial charge is 0.456 e. The number of ether oxygens (including phenoxy) is 5. The molecule has 0 aromatic heterocycles. The highest BCUT2D eigenvalue weighted by Crippen LogP contribution is 2.64. The molecule has 0 radical (unpaired) electrons. The first kappa shape index (κ1) is 44.3. The fourth-order valence-corrected chi connectivity index (χ4v) is 10.2. The molecule has 62 heavy (non-hydrogen) atoms. The summed E-state index contributed by atoms with van der Waals surface area (Å²) in [6, 6.07) is 22.9. The van der Waals surface area contributed by atoms with Gasteiger partial charge in [0.15, 0.2) is 23.6 Å². The zero-order chi connectivity index (χ0) is 44.9. The van der Waals surface area contributed by atoms with Crippen molar-refractivity contribution >= 4 is 35.6 Å². The number of aliphatic hydroxyl groups excluding tert-OH is 2. The van der Waals surface area contributed by atoms with Crippen molar-refractivity contribution in [1.82, 2.24) is 5.32 Å². The molecule has 4 aliphatic rings. The summed E-state index contributed by atoms with van der Waals surface area (Å²) >= 11 is 0. The molecule has 4 N–H and O–H groups in total. The van der Waals surface area contributed by atoms with Crippen LogP contribution in [0.2, 0.25) is 0 Å². The predicted octanol–water partition coefficient (Wildman–Crippen LogP) is 3.74. The third-order valence-corrected chi connectivity index (χ3v) is 13.5. The number of hydrogen-bond acceptors (Lipinski definition) is 14. The van der Waals surface area contributed by atoms with Crippen molar-refractivity contribution in [2.45, 2.75) is 108 Å². The highest BCUT2D eigenvalue weighted by molar-refractivity contribution is 5.96. The first-order valence-electron chi connectivity index (χ1n) is 20.5. The maximum absolute atomic E-state index is 15.5. The number of carbonyl (C=O) groups is 6. The van der Waals surface area contributed by atoms with E-state index in [1.165, 1.54) is 26.0 Å². The Hall–Kier alpha value is -5.74. The van der Waals surface area contributed by atoms with Gasteiger partial charge < -0.3 is 44.3 Å². The van der Waals surface area contributed by atoms with Crippen molar-refractivity contribution in [2.75, 3.05) is 6.61 Å². The predicted molar refractivity (Wildman–Crippen MR) is 218 cm³/mol. The summed E-state index contributed by atoms with van der Waals surface area (Å²) in [5.74, 6) is -6.84. The van der Waals surface area contributed by atoms with Crippen LogP contribution in [0, 0.1) is 16.7 Å². The zero-order valence-corrected chi connectivity index (χ0v) is 35.2. The second-order valence-corrected chi connectivity index (χ2v) is 17.4. The molecular formula is C47H51NO14. The number of carbonyl (C=O) groups excluding carboxylic acids is 6. The van der Waals surface area contributed by atoms with Gasteiger partial charge in [-0.15, -0.1) is 0 Å². The molecule has 3 aliphatic carbocycles. The van der Waals surface area contributed by atoms with Crippen molar-refractivity contribution in [2.24, 2.45) is 16.7 Å². The Bertz CT molecular complexity index is 2280. The van der Waals surface area contributed by atoms with Crippen LogP contribution in [-0.2, 0) is 42.9 Å². The molecule has 1 heterocycles. The van der Waals surface area contributed by atoms with Gasteiger partial charge in [0.1, 0.15) is 23.9 Å². The molecule has 15 heteroatoms. The second-order valence-electron chi connectivity index (χ2n) is 17.4. The lowest BCUT2D eigenvalue weighted by Crippen LogP contribution is -2.82. The van der Waals surface area contributed by atoms with Gasteiger partial charge in [-0.05, 0) is 54.8 Å². The van der Waals surface area contributed by atoms with E-state index >= 15 is 4.79 Å². The molecular weight excluding hydrogens is 803 g/mol. The fourth-order valence-electron chi connectivity index (χ4n) is 10.2.